The smallest absolute Gasteiger partial charge is 0.196 e. The molecule has 0 bridgehead atoms. The monoisotopic (exact) mass is 390 g/mol. The van der Waals surface area contributed by atoms with Gasteiger partial charge in [0, 0.05) is 10.0 Å². The molecule has 25 heavy (non-hydrogen) atoms. The van der Waals surface area contributed by atoms with Gasteiger partial charge in [0.15, 0.2) is 11.9 Å². The number of para-hydroxylation sites is 1. The number of carbonyl (C=O) groups excluding carboxylic acids is 1. The number of carbonyl (C=O) groups is 1. The van der Waals surface area contributed by atoms with Crippen molar-refractivity contribution in [3.63, 3.8) is 0 Å². The Bertz CT molecular complexity index is 943. The molecule has 0 aromatic heterocycles. The van der Waals surface area contributed by atoms with E-state index in [0.717, 1.165) is 15.6 Å². The first kappa shape index (κ1) is 15.9. The highest BCUT2D eigenvalue weighted by Gasteiger charge is 2.32. The van der Waals surface area contributed by atoms with Crippen LogP contribution in [0.3, 0.4) is 0 Å². The topological polar surface area (TPSA) is 26.3 Å². The SMILES string of the molecule is O=C1/C(=C/c2ccc(Br)cc2)C(c2ccccc2)Oc2ccccc21. The van der Waals surface area contributed by atoms with Crippen LogP contribution in [0, 0.1) is 0 Å². The van der Waals surface area contributed by atoms with Crippen molar-refractivity contribution >= 4 is 27.8 Å². The number of benzene rings is 3. The van der Waals surface area contributed by atoms with E-state index in [1.165, 1.54) is 0 Å². The maximum Gasteiger partial charge on any atom is 0.196 e. The van der Waals surface area contributed by atoms with Gasteiger partial charge in [0.1, 0.15) is 5.75 Å². The summed E-state index contributed by atoms with van der Waals surface area (Å²) in [5, 5.41) is 0. The van der Waals surface area contributed by atoms with Crippen LogP contribution in [-0.2, 0) is 0 Å². The molecule has 2 nitrogen and oxygen atoms in total. The van der Waals surface area contributed by atoms with Crippen LogP contribution >= 0.6 is 15.9 Å². The highest BCUT2D eigenvalue weighted by molar-refractivity contribution is 9.10. The van der Waals surface area contributed by atoms with E-state index in [2.05, 4.69) is 15.9 Å². The number of ketones is 1. The van der Waals surface area contributed by atoms with E-state index in [0.29, 0.717) is 16.9 Å². The van der Waals surface area contributed by atoms with Crippen molar-refractivity contribution in [1.82, 2.24) is 0 Å². The number of hydrogen-bond acceptors (Lipinski definition) is 2. The van der Waals surface area contributed by atoms with Crippen LogP contribution in [0.5, 0.6) is 5.75 Å². The molecule has 0 saturated carbocycles. The molecule has 0 fully saturated rings. The van der Waals surface area contributed by atoms with Gasteiger partial charge in [0.05, 0.1) is 5.56 Å². The number of Topliss-reactive ketones (excluding diaryl/α,β-unsaturated/α-hetero) is 1. The summed E-state index contributed by atoms with van der Waals surface area (Å²) in [6.07, 6.45) is 1.51. The van der Waals surface area contributed by atoms with E-state index >= 15 is 0 Å². The van der Waals surface area contributed by atoms with Gasteiger partial charge in [0.25, 0.3) is 0 Å². The standard InChI is InChI=1S/C22H15BrO2/c23-17-12-10-15(11-13-17)14-19-21(24)18-8-4-5-9-20(18)25-22(19)16-6-2-1-3-7-16/h1-14,22H/b19-14-. The third-order valence-electron chi connectivity index (χ3n) is 4.22. The van der Waals surface area contributed by atoms with E-state index in [1.54, 1.807) is 0 Å². The number of ether oxygens (including phenoxy) is 1. The second kappa shape index (κ2) is 6.69. The summed E-state index contributed by atoms with van der Waals surface area (Å²) < 4.78 is 7.20. The fraction of sp³-hybridized carbons (Fsp3) is 0.0455. The van der Waals surface area contributed by atoms with E-state index in [-0.39, 0.29) is 5.78 Å². The van der Waals surface area contributed by atoms with Gasteiger partial charge in [0.2, 0.25) is 0 Å². The van der Waals surface area contributed by atoms with Crippen LogP contribution in [0.15, 0.2) is 88.9 Å². The molecule has 0 saturated heterocycles. The summed E-state index contributed by atoms with van der Waals surface area (Å²) in [7, 11) is 0. The Morgan fingerprint density at radius 3 is 2.28 bits per heavy atom. The maximum atomic E-state index is 13.1. The molecule has 3 aromatic rings. The quantitative estimate of drug-likeness (QED) is 0.513. The zero-order valence-electron chi connectivity index (χ0n) is 13.4. The fourth-order valence-electron chi connectivity index (χ4n) is 2.98. The third kappa shape index (κ3) is 3.15. The molecule has 3 heteroatoms. The van der Waals surface area contributed by atoms with Crippen molar-refractivity contribution in [2.45, 2.75) is 6.10 Å². The predicted octanol–water partition coefficient (Wildman–Crippen LogP) is 5.85. The molecule has 0 radical (unpaired) electrons. The third-order valence-corrected chi connectivity index (χ3v) is 4.74. The van der Waals surface area contributed by atoms with Gasteiger partial charge in [-0.1, -0.05) is 70.5 Å². The summed E-state index contributed by atoms with van der Waals surface area (Å²) in [6, 6.07) is 25.1. The molecule has 4 rings (SSSR count). The lowest BCUT2D eigenvalue weighted by molar-refractivity contribution is 0.0963. The van der Waals surface area contributed by atoms with Gasteiger partial charge in [-0.05, 0) is 41.5 Å². The molecular weight excluding hydrogens is 376 g/mol. The summed E-state index contributed by atoms with van der Waals surface area (Å²) in [4.78, 5) is 13.1. The minimum Gasteiger partial charge on any atom is -0.480 e. The number of rotatable bonds is 2. The molecule has 0 amide bonds. The van der Waals surface area contributed by atoms with Gasteiger partial charge in [-0.15, -0.1) is 0 Å². The second-order valence-electron chi connectivity index (χ2n) is 5.89. The van der Waals surface area contributed by atoms with Crippen molar-refractivity contribution in [3.8, 4) is 5.75 Å². The summed E-state index contributed by atoms with van der Waals surface area (Å²) in [5.74, 6) is 0.646. The molecule has 0 spiro atoms. The Labute approximate surface area is 154 Å². The van der Waals surface area contributed by atoms with Gasteiger partial charge in [-0.25, -0.2) is 0 Å². The highest BCUT2D eigenvalue weighted by Crippen LogP contribution is 2.39. The molecule has 3 aromatic carbocycles. The van der Waals surface area contributed by atoms with Crippen molar-refractivity contribution in [2.24, 2.45) is 0 Å². The van der Waals surface area contributed by atoms with E-state index in [1.807, 2.05) is 84.9 Å². The second-order valence-corrected chi connectivity index (χ2v) is 6.80. The number of hydrogen-bond donors (Lipinski definition) is 0. The van der Waals surface area contributed by atoms with Crippen LogP contribution < -0.4 is 4.74 Å². The fourth-order valence-corrected chi connectivity index (χ4v) is 3.24. The lowest BCUT2D eigenvalue weighted by atomic mass is 9.89. The highest BCUT2D eigenvalue weighted by atomic mass is 79.9. The zero-order valence-corrected chi connectivity index (χ0v) is 14.9. The predicted molar refractivity (Wildman–Crippen MR) is 103 cm³/mol. The van der Waals surface area contributed by atoms with Crippen LogP contribution in [0.4, 0.5) is 0 Å². The molecule has 1 atom stereocenters. The van der Waals surface area contributed by atoms with E-state index in [9.17, 15) is 4.79 Å². The molecule has 0 aliphatic carbocycles. The summed E-state index contributed by atoms with van der Waals surface area (Å²) in [6.45, 7) is 0. The molecule has 1 unspecified atom stereocenters. The van der Waals surface area contributed by atoms with Gasteiger partial charge < -0.3 is 4.74 Å². The molecule has 1 aliphatic rings. The Hall–Kier alpha value is -2.65. The van der Waals surface area contributed by atoms with E-state index < -0.39 is 6.10 Å². The number of halogens is 1. The zero-order chi connectivity index (χ0) is 17.2. The van der Waals surface area contributed by atoms with Crippen LogP contribution in [-0.4, -0.2) is 5.78 Å². The first-order valence-electron chi connectivity index (χ1n) is 8.05. The average molecular weight is 391 g/mol. The lowest BCUT2D eigenvalue weighted by Crippen LogP contribution is -2.23. The normalized spacial score (nSPS) is 17.9. The van der Waals surface area contributed by atoms with Crippen molar-refractivity contribution in [3.05, 3.63) is 106 Å². The van der Waals surface area contributed by atoms with Gasteiger partial charge in [-0.3, -0.25) is 4.79 Å². The lowest BCUT2D eigenvalue weighted by Gasteiger charge is -2.28. The van der Waals surface area contributed by atoms with Gasteiger partial charge in [-0.2, -0.15) is 0 Å². The first-order chi connectivity index (χ1) is 12.2. The first-order valence-corrected chi connectivity index (χ1v) is 8.84. The molecule has 1 heterocycles. The van der Waals surface area contributed by atoms with Crippen LogP contribution in [0.25, 0.3) is 6.08 Å². The Morgan fingerprint density at radius 2 is 1.52 bits per heavy atom. The van der Waals surface area contributed by atoms with Crippen molar-refractivity contribution in [1.29, 1.82) is 0 Å². The van der Waals surface area contributed by atoms with Crippen molar-refractivity contribution in [2.75, 3.05) is 0 Å². The molecule has 1 aliphatic heterocycles. The summed E-state index contributed by atoms with van der Waals surface area (Å²) in [5.41, 5.74) is 3.19. The largest absolute Gasteiger partial charge is 0.480 e. The minimum atomic E-state index is -0.410. The minimum absolute atomic E-state index is 0.0126. The van der Waals surface area contributed by atoms with E-state index in [4.69, 9.17) is 4.74 Å². The molecule has 0 N–H and O–H groups in total. The van der Waals surface area contributed by atoms with Crippen LogP contribution in [0.1, 0.15) is 27.6 Å². The number of fused-ring (bicyclic) bond motifs is 1. The Kier molecular flexibility index (Phi) is 4.24. The average Bonchev–Trinajstić information content (AvgIpc) is 2.66. The summed E-state index contributed by atoms with van der Waals surface area (Å²) >= 11 is 3.44. The Morgan fingerprint density at radius 1 is 0.840 bits per heavy atom. The molecular formula is C22H15BrO2. The maximum absolute atomic E-state index is 13.1. The Balaban J connectivity index is 1.85. The van der Waals surface area contributed by atoms with Gasteiger partial charge >= 0.3 is 0 Å². The van der Waals surface area contributed by atoms with Crippen LogP contribution in [0.2, 0.25) is 0 Å². The molecule has 122 valence electrons. The van der Waals surface area contributed by atoms with Crippen molar-refractivity contribution < 1.29 is 9.53 Å².